The van der Waals surface area contributed by atoms with Crippen LogP contribution in [0.5, 0.6) is 0 Å². The van der Waals surface area contributed by atoms with Crippen LogP contribution in [0.3, 0.4) is 0 Å². The fourth-order valence-corrected chi connectivity index (χ4v) is 3.24. The minimum Gasteiger partial charge on any atom is -0.359 e. The molecule has 0 radical (unpaired) electrons. The summed E-state index contributed by atoms with van der Waals surface area (Å²) >= 11 is 0. The highest BCUT2D eigenvalue weighted by atomic mass is 16.7. The van der Waals surface area contributed by atoms with E-state index in [-0.39, 0.29) is 6.04 Å². The van der Waals surface area contributed by atoms with E-state index >= 15 is 0 Å². The Hall–Kier alpha value is -2.20. The van der Waals surface area contributed by atoms with Gasteiger partial charge in [0.2, 0.25) is 0 Å². The molecule has 0 aliphatic rings. The molecule has 0 atom stereocenters. The van der Waals surface area contributed by atoms with E-state index in [2.05, 4.69) is 78.7 Å². The Labute approximate surface area is 163 Å². The fourth-order valence-electron chi connectivity index (χ4n) is 3.24. The molecule has 0 saturated carbocycles. The van der Waals surface area contributed by atoms with Gasteiger partial charge in [-0.2, -0.15) is 0 Å². The van der Waals surface area contributed by atoms with Gasteiger partial charge in [-0.15, -0.1) is 6.58 Å². The molecule has 0 aliphatic heterocycles. The van der Waals surface area contributed by atoms with E-state index in [0.717, 1.165) is 25.9 Å². The van der Waals surface area contributed by atoms with Crippen molar-refractivity contribution in [3.05, 3.63) is 96.6 Å². The van der Waals surface area contributed by atoms with Crippen molar-refractivity contribution in [2.45, 2.75) is 18.9 Å². The zero-order valence-electron chi connectivity index (χ0n) is 16.3. The molecular weight excluding hydrogens is 334 g/mol. The van der Waals surface area contributed by atoms with Crippen molar-refractivity contribution in [2.75, 3.05) is 33.6 Å². The average Bonchev–Trinajstić information content (AvgIpc) is 2.70. The predicted molar refractivity (Wildman–Crippen MR) is 113 cm³/mol. The molecule has 2 rings (SSSR count). The summed E-state index contributed by atoms with van der Waals surface area (Å²) in [6, 6.07) is 21.4. The molecule has 0 N–H and O–H groups in total. The minimum atomic E-state index is 0.173. The van der Waals surface area contributed by atoms with Crippen molar-refractivity contribution in [1.82, 2.24) is 4.90 Å². The Morgan fingerprint density at radius 3 is 2.15 bits per heavy atom. The normalized spacial score (nSPS) is 11.1. The van der Waals surface area contributed by atoms with Gasteiger partial charge in [0.1, 0.15) is 6.79 Å². The lowest BCUT2D eigenvalue weighted by Gasteiger charge is -2.32. The first-order valence-electron chi connectivity index (χ1n) is 9.44. The number of ether oxygens (including phenoxy) is 2. The van der Waals surface area contributed by atoms with Gasteiger partial charge < -0.3 is 9.47 Å². The Kier molecular flexibility index (Phi) is 9.56. The summed E-state index contributed by atoms with van der Waals surface area (Å²) in [7, 11) is 1.64. The van der Waals surface area contributed by atoms with E-state index in [1.807, 2.05) is 6.08 Å². The molecular formula is C24H31NO2. The highest BCUT2D eigenvalue weighted by Crippen LogP contribution is 2.29. The van der Waals surface area contributed by atoms with E-state index in [1.165, 1.54) is 16.7 Å². The van der Waals surface area contributed by atoms with Crippen molar-refractivity contribution in [2.24, 2.45) is 0 Å². The molecule has 0 amide bonds. The van der Waals surface area contributed by atoms with Crippen LogP contribution in [0.1, 0.15) is 30.0 Å². The first-order valence-corrected chi connectivity index (χ1v) is 9.44. The molecule has 27 heavy (non-hydrogen) atoms. The summed E-state index contributed by atoms with van der Waals surface area (Å²) in [4.78, 5) is 2.43. The first-order chi connectivity index (χ1) is 13.3. The quantitative estimate of drug-likeness (QED) is 0.276. The van der Waals surface area contributed by atoms with Gasteiger partial charge in [-0.1, -0.05) is 78.9 Å². The summed E-state index contributed by atoms with van der Waals surface area (Å²) < 4.78 is 10.3. The van der Waals surface area contributed by atoms with Crippen molar-refractivity contribution in [3.63, 3.8) is 0 Å². The van der Waals surface area contributed by atoms with Crippen LogP contribution in [0.4, 0.5) is 0 Å². The van der Waals surface area contributed by atoms with Gasteiger partial charge in [0.25, 0.3) is 0 Å². The maximum Gasteiger partial charge on any atom is 0.146 e. The van der Waals surface area contributed by atoms with Crippen molar-refractivity contribution >= 4 is 0 Å². The SMILES string of the molecule is C=CCN(CC(=C)CCCOCOC)C(c1ccccc1)c1ccccc1. The second-order valence-corrected chi connectivity index (χ2v) is 6.61. The highest BCUT2D eigenvalue weighted by Gasteiger charge is 2.21. The van der Waals surface area contributed by atoms with Gasteiger partial charge in [-0.25, -0.2) is 0 Å². The molecule has 0 spiro atoms. The Balaban J connectivity index is 2.12. The van der Waals surface area contributed by atoms with Crippen LogP contribution in [0.25, 0.3) is 0 Å². The van der Waals surface area contributed by atoms with Gasteiger partial charge in [0.15, 0.2) is 0 Å². The van der Waals surface area contributed by atoms with Gasteiger partial charge in [0.05, 0.1) is 6.04 Å². The number of hydrogen-bond acceptors (Lipinski definition) is 3. The third-order valence-corrected chi connectivity index (χ3v) is 4.41. The smallest absolute Gasteiger partial charge is 0.146 e. The van der Waals surface area contributed by atoms with Crippen LogP contribution in [0.2, 0.25) is 0 Å². The number of benzene rings is 2. The maximum absolute atomic E-state index is 5.38. The molecule has 2 aromatic rings. The van der Waals surface area contributed by atoms with Crippen LogP contribution < -0.4 is 0 Å². The minimum absolute atomic E-state index is 0.173. The molecule has 0 bridgehead atoms. The molecule has 3 heteroatoms. The third kappa shape index (κ3) is 7.14. The van der Waals surface area contributed by atoms with E-state index in [9.17, 15) is 0 Å². The largest absolute Gasteiger partial charge is 0.359 e. The lowest BCUT2D eigenvalue weighted by atomic mass is 9.96. The maximum atomic E-state index is 5.38. The lowest BCUT2D eigenvalue weighted by molar-refractivity contribution is -0.0310. The number of hydrogen-bond donors (Lipinski definition) is 0. The standard InChI is InChI=1S/C24H31NO2/c1-4-17-25(19-21(2)12-11-18-27-20-26-3)24(22-13-7-5-8-14-22)23-15-9-6-10-16-23/h4-10,13-16,24H,1-2,11-12,17-20H2,3H3. The van der Waals surface area contributed by atoms with Gasteiger partial charge >= 0.3 is 0 Å². The van der Waals surface area contributed by atoms with Crippen LogP contribution in [-0.2, 0) is 9.47 Å². The summed E-state index contributed by atoms with van der Waals surface area (Å²) in [6.07, 6.45) is 3.85. The number of rotatable bonds is 13. The van der Waals surface area contributed by atoms with Crippen LogP contribution in [0, 0.1) is 0 Å². The predicted octanol–water partition coefficient (Wildman–Crippen LogP) is 5.22. The average molecular weight is 366 g/mol. The zero-order valence-corrected chi connectivity index (χ0v) is 16.3. The molecule has 2 aromatic carbocycles. The van der Waals surface area contributed by atoms with E-state index < -0.39 is 0 Å². The molecule has 0 saturated heterocycles. The number of nitrogens with zero attached hydrogens (tertiary/aromatic N) is 1. The Morgan fingerprint density at radius 1 is 1.04 bits per heavy atom. The molecule has 0 heterocycles. The molecule has 144 valence electrons. The van der Waals surface area contributed by atoms with Crippen LogP contribution in [-0.4, -0.2) is 38.5 Å². The van der Waals surface area contributed by atoms with Crippen molar-refractivity contribution in [1.29, 1.82) is 0 Å². The van der Waals surface area contributed by atoms with E-state index in [0.29, 0.717) is 13.4 Å². The molecule has 0 aromatic heterocycles. The van der Waals surface area contributed by atoms with Gasteiger partial charge in [-0.05, 0) is 24.0 Å². The summed E-state index contributed by atoms with van der Waals surface area (Å²) in [6.45, 7) is 10.9. The second kappa shape index (κ2) is 12.2. The van der Waals surface area contributed by atoms with Gasteiger partial charge in [0, 0.05) is 26.8 Å². The summed E-state index contributed by atoms with van der Waals surface area (Å²) in [5, 5.41) is 0. The highest BCUT2D eigenvalue weighted by molar-refractivity contribution is 5.32. The fraction of sp³-hybridized carbons (Fsp3) is 0.333. The zero-order chi connectivity index (χ0) is 19.3. The van der Waals surface area contributed by atoms with Crippen LogP contribution >= 0.6 is 0 Å². The second-order valence-electron chi connectivity index (χ2n) is 6.61. The summed E-state index contributed by atoms with van der Waals surface area (Å²) in [5.74, 6) is 0. The van der Waals surface area contributed by atoms with Gasteiger partial charge in [-0.3, -0.25) is 4.90 Å². The summed E-state index contributed by atoms with van der Waals surface area (Å²) in [5.41, 5.74) is 3.76. The molecule has 3 nitrogen and oxygen atoms in total. The molecule has 0 fully saturated rings. The third-order valence-electron chi connectivity index (χ3n) is 4.41. The Bertz CT molecular complexity index is 630. The van der Waals surface area contributed by atoms with Crippen molar-refractivity contribution < 1.29 is 9.47 Å². The monoisotopic (exact) mass is 365 g/mol. The lowest BCUT2D eigenvalue weighted by Crippen LogP contribution is -2.31. The Morgan fingerprint density at radius 2 is 1.63 bits per heavy atom. The van der Waals surface area contributed by atoms with Crippen molar-refractivity contribution in [3.8, 4) is 0 Å². The first kappa shape index (κ1) is 21.1. The van der Waals surface area contributed by atoms with Crippen LogP contribution in [0.15, 0.2) is 85.5 Å². The van der Waals surface area contributed by atoms with E-state index in [1.54, 1.807) is 7.11 Å². The molecule has 0 unspecified atom stereocenters. The van der Waals surface area contributed by atoms with E-state index in [4.69, 9.17) is 9.47 Å². The number of methoxy groups -OCH3 is 1. The topological polar surface area (TPSA) is 21.7 Å². The molecule has 0 aliphatic carbocycles.